The van der Waals surface area contributed by atoms with Gasteiger partial charge in [-0.25, -0.2) is 21.1 Å². The van der Waals surface area contributed by atoms with Crippen LogP contribution in [-0.2, 0) is 5.92 Å². The molecule has 0 aromatic heterocycles. The average molecular weight is 451 g/mol. The van der Waals surface area contributed by atoms with Gasteiger partial charge in [0.2, 0.25) is 0 Å². The van der Waals surface area contributed by atoms with Gasteiger partial charge >= 0.3 is 9.08 Å². The minimum Gasteiger partial charge on any atom is -0.238 e. The van der Waals surface area contributed by atoms with Crippen molar-refractivity contribution in [2.24, 2.45) is 0 Å². The zero-order valence-corrected chi connectivity index (χ0v) is 19.3. The Morgan fingerprint density at radius 1 is 0.533 bits per heavy atom. The smallest absolute Gasteiger partial charge is 0.238 e. The Balaban J connectivity index is 1.81. The molecule has 0 saturated heterocycles. The number of halogens is 5. The summed E-state index contributed by atoms with van der Waals surface area (Å²) >= 11 is 0. The molecule has 30 heavy (non-hydrogen) atoms. The van der Waals surface area contributed by atoms with E-state index in [4.69, 9.17) is 0 Å². The van der Waals surface area contributed by atoms with Crippen molar-refractivity contribution >= 4 is 9.08 Å². The number of hydrogen-bond donors (Lipinski definition) is 0. The fourth-order valence-corrected chi connectivity index (χ4v) is 4.45. The maximum absolute atomic E-state index is 14.0. The fraction of sp³-hybridized carbons (Fsp3) is 0.750. The van der Waals surface area contributed by atoms with Crippen molar-refractivity contribution in [3.8, 4) is 0 Å². The lowest BCUT2D eigenvalue weighted by Crippen LogP contribution is -2.13. The van der Waals surface area contributed by atoms with Crippen LogP contribution in [0.4, 0.5) is 21.1 Å². The third-order valence-corrected chi connectivity index (χ3v) is 6.57. The summed E-state index contributed by atoms with van der Waals surface area (Å²) in [7, 11) is -5.32. The summed E-state index contributed by atoms with van der Waals surface area (Å²) in [6, 6.07) is 7.57. The predicted octanol–water partition coefficient (Wildman–Crippen LogP) is 9.87. The number of unbranched alkanes of at least 4 members (excludes halogenated alkanes) is 14. The lowest BCUT2D eigenvalue weighted by atomic mass is 10.0. The first kappa shape index (κ1) is 27.1. The largest absolute Gasteiger partial charge is 0.616 e. The van der Waals surface area contributed by atoms with E-state index in [0.29, 0.717) is 12.8 Å². The SMILES string of the molecule is FC(F)(CCCCCCCCCCCCCCCCC[Si](F)(F)F)c1ccccc1. The summed E-state index contributed by atoms with van der Waals surface area (Å²) in [5, 5.41) is 0. The topological polar surface area (TPSA) is 0 Å². The zero-order chi connectivity index (χ0) is 22.1. The standard InChI is InChI=1S/C24H39F5Si/c25-24(26,23-19-15-14-16-20-23)21-17-12-10-8-6-4-2-1-3-5-7-9-11-13-18-22-30(27,28)29/h14-16,19-20H,1-13,17-18,21-22H2. The highest BCUT2D eigenvalue weighted by Gasteiger charge is 2.35. The van der Waals surface area contributed by atoms with E-state index in [9.17, 15) is 21.1 Å². The van der Waals surface area contributed by atoms with E-state index in [1.807, 2.05) is 0 Å². The Bertz CT molecular complexity index is 516. The maximum atomic E-state index is 14.0. The van der Waals surface area contributed by atoms with Gasteiger partial charge in [0, 0.05) is 18.0 Å². The molecule has 0 saturated carbocycles. The molecule has 174 valence electrons. The predicted molar refractivity (Wildman–Crippen MR) is 118 cm³/mol. The monoisotopic (exact) mass is 450 g/mol. The maximum Gasteiger partial charge on any atom is 0.616 e. The van der Waals surface area contributed by atoms with Gasteiger partial charge in [0.1, 0.15) is 0 Å². The summed E-state index contributed by atoms with van der Waals surface area (Å²) in [5.41, 5.74) is 0.118. The normalized spacial score (nSPS) is 12.4. The van der Waals surface area contributed by atoms with Crippen LogP contribution >= 0.6 is 0 Å². The number of alkyl halides is 2. The first-order chi connectivity index (χ1) is 14.3. The van der Waals surface area contributed by atoms with Crippen LogP contribution in [0.3, 0.4) is 0 Å². The number of hydrogen-bond acceptors (Lipinski definition) is 0. The van der Waals surface area contributed by atoms with Gasteiger partial charge in [0.15, 0.2) is 0 Å². The summed E-state index contributed by atoms with van der Waals surface area (Å²) in [4.78, 5) is 0. The first-order valence-electron chi connectivity index (χ1n) is 11.8. The second kappa shape index (κ2) is 15.8. The van der Waals surface area contributed by atoms with Crippen LogP contribution in [0.2, 0.25) is 6.04 Å². The molecule has 0 amide bonds. The van der Waals surface area contributed by atoms with Crippen molar-refractivity contribution in [1.29, 1.82) is 0 Å². The summed E-state index contributed by atoms with van der Waals surface area (Å²) < 4.78 is 64.5. The number of benzene rings is 1. The molecule has 0 N–H and O–H groups in total. The van der Waals surface area contributed by atoms with E-state index in [2.05, 4.69) is 0 Å². The van der Waals surface area contributed by atoms with E-state index in [1.54, 1.807) is 18.2 Å². The highest BCUT2D eigenvalue weighted by atomic mass is 28.5. The second-order valence-corrected chi connectivity index (χ2v) is 10.2. The molecule has 0 atom stereocenters. The average Bonchev–Trinajstić information content (AvgIpc) is 2.70. The molecule has 0 fully saturated rings. The van der Waals surface area contributed by atoms with E-state index in [1.165, 1.54) is 50.7 Å². The van der Waals surface area contributed by atoms with Crippen molar-refractivity contribution < 1.29 is 21.1 Å². The van der Waals surface area contributed by atoms with Gasteiger partial charge in [-0.05, 0) is 12.8 Å². The van der Waals surface area contributed by atoms with E-state index in [0.717, 1.165) is 44.9 Å². The van der Waals surface area contributed by atoms with Crippen LogP contribution in [0.25, 0.3) is 0 Å². The van der Waals surface area contributed by atoms with E-state index in [-0.39, 0.29) is 12.0 Å². The Labute approximate surface area is 181 Å². The molecule has 0 radical (unpaired) electrons. The van der Waals surface area contributed by atoms with Crippen molar-refractivity contribution in [2.75, 3.05) is 0 Å². The molecule has 1 rings (SSSR count). The van der Waals surface area contributed by atoms with Crippen LogP contribution in [-0.4, -0.2) is 9.08 Å². The van der Waals surface area contributed by atoms with Crippen molar-refractivity contribution in [2.45, 2.75) is 115 Å². The van der Waals surface area contributed by atoms with Gasteiger partial charge in [-0.1, -0.05) is 114 Å². The minimum absolute atomic E-state index is 0.0684. The van der Waals surface area contributed by atoms with Gasteiger partial charge in [0.05, 0.1) is 0 Å². The summed E-state index contributed by atoms with van der Waals surface area (Å²) in [6.07, 6.45) is 14.9. The minimum atomic E-state index is -5.32. The highest BCUT2D eigenvalue weighted by molar-refractivity contribution is 6.58. The van der Waals surface area contributed by atoms with E-state index < -0.39 is 21.0 Å². The van der Waals surface area contributed by atoms with Crippen LogP contribution in [0.1, 0.15) is 108 Å². The third-order valence-electron chi connectivity index (χ3n) is 5.65. The second-order valence-electron chi connectivity index (χ2n) is 8.49. The molecule has 1 aromatic carbocycles. The molecule has 0 spiro atoms. The van der Waals surface area contributed by atoms with Gasteiger partial charge in [0.25, 0.3) is 5.92 Å². The summed E-state index contributed by atoms with van der Waals surface area (Å²) in [5.74, 6) is -2.72. The molecule has 0 heterocycles. The molecule has 6 heteroatoms. The molecule has 1 aromatic rings. The van der Waals surface area contributed by atoms with Crippen LogP contribution in [0.5, 0.6) is 0 Å². The molecule has 0 bridgehead atoms. The van der Waals surface area contributed by atoms with Crippen LogP contribution < -0.4 is 0 Å². The van der Waals surface area contributed by atoms with Crippen LogP contribution in [0, 0.1) is 0 Å². The molecule has 0 aliphatic carbocycles. The molecule has 0 aliphatic rings. The quantitative estimate of drug-likeness (QED) is 0.0851. The third kappa shape index (κ3) is 15.0. The van der Waals surface area contributed by atoms with Crippen molar-refractivity contribution in [3.63, 3.8) is 0 Å². The Morgan fingerprint density at radius 3 is 1.30 bits per heavy atom. The Morgan fingerprint density at radius 2 is 0.900 bits per heavy atom. The van der Waals surface area contributed by atoms with Crippen molar-refractivity contribution in [3.05, 3.63) is 35.9 Å². The van der Waals surface area contributed by atoms with E-state index >= 15 is 0 Å². The lowest BCUT2D eigenvalue weighted by molar-refractivity contribution is -0.0158. The van der Waals surface area contributed by atoms with Crippen molar-refractivity contribution in [1.82, 2.24) is 0 Å². The fourth-order valence-electron chi connectivity index (χ4n) is 3.80. The lowest BCUT2D eigenvalue weighted by Gasteiger charge is -2.16. The first-order valence-corrected chi connectivity index (χ1v) is 13.7. The Hall–Kier alpha value is -0.913. The highest BCUT2D eigenvalue weighted by Crippen LogP contribution is 2.33. The van der Waals surface area contributed by atoms with Gasteiger partial charge < -0.3 is 0 Å². The zero-order valence-electron chi connectivity index (χ0n) is 18.3. The molecule has 0 aliphatic heterocycles. The summed E-state index contributed by atoms with van der Waals surface area (Å²) in [6.45, 7) is 0. The molecule has 0 unspecified atom stereocenters. The molecule has 0 nitrogen and oxygen atoms in total. The van der Waals surface area contributed by atoms with Crippen LogP contribution in [0.15, 0.2) is 30.3 Å². The van der Waals surface area contributed by atoms with Gasteiger partial charge in [-0.2, -0.15) is 0 Å². The molecular formula is C24H39F5Si. The Kier molecular flexibility index (Phi) is 14.3. The van der Waals surface area contributed by atoms with Gasteiger partial charge in [-0.3, -0.25) is 0 Å². The molecular weight excluding hydrogens is 411 g/mol. The van der Waals surface area contributed by atoms with Gasteiger partial charge in [-0.15, -0.1) is 0 Å². The number of rotatable bonds is 19.